The van der Waals surface area contributed by atoms with E-state index in [9.17, 15) is 22.7 Å². The van der Waals surface area contributed by atoms with Crippen molar-refractivity contribution in [2.75, 3.05) is 7.11 Å². The molecule has 8 heteroatoms. The number of hydrogen-bond acceptors (Lipinski definition) is 2. The van der Waals surface area contributed by atoms with Crippen molar-refractivity contribution in [3.8, 4) is 5.75 Å². The van der Waals surface area contributed by atoms with Crippen LogP contribution in [0.3, 0.4) is 0 Å². The highest BCUT2D eigenvalue weighted by Gasteiger charge is 2.58. The molecule has 0 saturated heterocycles. The van der Waals surface area contributed by atoms with E-state index in [1.54, 1.807) is 24.4 Å². The van der Waals surface area contributed by atoms with Crippen molar-refractivity contribution in [1.82, 2.24) is 4.98 Å². The summed E-state index contributed by atoms with van der Waals surface area (Å²) in [7, 11) is 1.37. The SMILES string of the molecule is COc1ccc(F)cc1C(C)(C)CC(O)(C[n+]1cccc2cc[nH]c21)C(F)(F)F. The third kappa shape index (κ3) is 4.07. The fraction of sp³-hybridized carbons (Fsp3) is 0.381. The van der Waals surface area contributed by atoms with Gasteiger partial charge in [-0.05, 0) is 48.2 Å². The lowest BCUT2D eigenvalue weighted by Gasteiger charge is -2.37. The maximum atomic E-state index is 14.0. The Kier molecular flexibility index (Phi) is 5.34. The van der Waals surface area contributed by atoms with Crippen LogP contribution >= 0.6 is 0 Å². The number of rotatable bonds is 6. The molecule has 0 aliphatic rings. The third-order valence-corrected chi connectivity index (χ3v) is 5.17. The first-order chi connectivity index (χ1) is 13.5. The lowest BCUT2D eigenvalue weighted by molar-refractivity contribution is -0.694. The zero-order valence-electron chi connectivity index (χ0n) is 16.3. The normalized spacial score (nSPS) is 14.8. The van der Waals surface area contributed by atoms with Gasteiger partial charge in [0.05, 0.1) is 24.9 Å². The molecular weight excluding hydrogens is 388 g/mol. The van der Waals surface area contributed by atoms with Gasteiger partial charge in [-0.3, -0.25) is 0 Å². The van der Waals surface area contributed by atoms with Crippen molar-refractivity contribution in [3.63, 3.8) is 0 Å². The molecular formula is C21H23F4N2O2+. The van der Waals surface area contributed by atoms with Crippen LogP contribution < -0.4 is 9.30 Å². The summed E-state index contributed by atoms with van der Waals surface area (Å²) in [5, 5.41) is 11.6. The van der Waals surface area contributed by atoms with Crippen LogP contribution in [-0.2, 0) is 12.0 Å². The summed E-state index contributed by atoms with van der Waals surface area (Å²) < 4.78 is 62.5. The van der Waals surface area contributed by atoms with Gasteiger partial charge in [0, 0.05) is 5.56 Å². The number of aliphatic hydroxyl groups is 1. The van der Waals surface area contributed by atoms with Gasteiger partial charge in [0.15, 0.2) is 5.60 Å². The highest BCUT2D eigenvalue weighted by molar-refractivity contribution is 5.71. The van der Waals surface area contributed by atoms with Gasteiger partial charge in [0.1, 0.15) is 18.1 Å². The number of aromatic amines is 1. The number of aromatic nitrogens is 2. The van der Waals surface area contributed by atoms with Crippen molar-refractivity contribution in [2.45, 2.75) is 44.0 Å². The molecule has 2 heterocycles. The van der Waals surface area contributed by atoms with Crippen LogP contribution in [-0.4, -0.2) is 29.0 Å². The van der Waals surface area contributed by atoms with Gasteiger partial charge in [0.25, 0.3) is 5.65 Å². The summed E-state index contributed by atoms with van der Waals surface area (Å²) in [6, 6.07) is 8.81. The second-order valence-electron chi connectivity index (χ2n) is 7.85. The lowest BCUT2D eigenvalue weighted by atomic mass is 9.74. The molecule has 0 saturated carbocycles. The molecule has 0 aliphatic heterocycles. The Bertz CT molecular complexity index is 1010. The van der Waals surface area contributed by atoms with Gasteiger partial charge in [0.2, 0.25) is 0 Å². The van der Waals surface area contributed by atoms with Crippen LogP contribution in [0, 0.1) is 5.82 Å². The Labute approximate surface area is 165 Å². The number of halogens is 4. The number of nitrogens with zero attached hydrogens (tertiary/aromatic N) is 1. The zero-order valence-corrected chi connectivity index (χ0v) is 16.3. The Balaban J connectivity index is 2.03. The van der Waals surface area contributed by atoms with Crippen molar-refractivity contribution in [1.29, 1.82) is 0 Å². The topological polar surface area (TPSA) is 49.1 Å². The standard InChI is InChI=1S/C21H22F4N2O2/c1-19(2,16-11-15(22)6-7-17(16)29-3)12-20(28,21(23,24)25)13-27-10-4-5-14-8-9-26-18(14)27/h4-11,28H,12-13H2,1-3H3/p+1. The van der Waals surface area contributed by atoms with Gasteiger partial charge in [-0.25, -0.2) is 13.9 Å². The van der Waals surface area contributed by atoms with Crippen molar-refractivity contribution in [2.24, 2.45) is 0 Å². The largest absolute Gasteiger partial charge is 0.496 e. The minimum Gasteiger partial charge on any atom is -0.496 e. The van der Waals surface area contributed by atoms with Crippen LogP contribution in [0.4, 0.5) is 17.6 Å². The molecule has 0 spiro atoms. The summed E-state index contributed by atoms with van der Waals surface area (Å²) in [4.78, 5) is 2.90. The number of alkyl halides is 3. The Morgan fingerprint density at radius 2 is 1.86 bits per heavy atom. The molecule has 1 atom stereocenters. The van der Waals surface area contributed by atoms with E-state index in [-0.39, 0.29) is 11.3 Å². The summed E-state index contributed by atoms with van der Waals surface area (Å²) in [6.45, 7) is 2.34. The van der Waals surface area contributed by atoms with Crippen LogP contribution in [0.1, 0.15) is 25.8 Å². The second-order valence-corrected chi connectivity index (χ2v) is 7.85. The predicted octanol–water partition coefficient (Wildman–Crippen LogP) is 4.26. The molecule has 4 nitrogen and oxygen atoms in total. The summed E-state index contributed by atoms with van der Waals surface area (Å²) in [5.74, 6) is -0.324. The molecule has 1 unspecified atom stereocenters. The monoisotopic (exact) mass is 411 g/mol. The number of pyridine rings is 1. The molecule has 0 fully saturated rings. The number of ether oxygens (including phenoxy) is 1. The number of benzene rings is 1. The van der Waals surface area contributed by atoms with E-state index in [0.29, 0.717) is 5.65 Å². The number of nitrogens with one attached hydrogen (secondary N) is 1. The van der Waals surface area contributed by atoms with E-state index >= 15 is 0 Å². The van der Waals surface area contributed by atoms with Crippen molar-refractivity contribution < 1.29 is 32.0 Å². The average molecular weight is 411 g/mol. The number of methoxy groups -OCH3 is 1. The minimum absolute atomic E-state index is 0.255. The molecule has 2 N–H and O–H groups in total. The Morgan fingerprint density at radius 1 is 1.14 bits per heavy atom. The molecule has 2 aromatic heterocycles. The van der Waals surface area contributed by atoms with Crippen LogP contribution in [0.2, 0.25) is 0 Å². The number of hydrogen-bond donors (Lipinski definition) is 2. The molecule has 0 bridgehead atoms. The fourth-order valence-corrected chi connectivity index (χ4v) is 3.78. The van der Waals surface area contributed by atoms with E-state index in [2.05, 4.69) is 4.98 Å². The van der Waals surface area contributed by atoms with E-state index < -0.39 is 36.0 Å². The maximum absolute atomic E-state index is 14.0. The zero-order chi connectivity index (χ0) is 21.4. The summed E-state index contributed by atoms with van der Waals surface area (Å²) in [6.07, 6.45) is -2.50. The molecule has 3 aromatic rings. The van der Waals surface area contributed by atoms with Crippen LogP contribution in [0.5, 0.6) is 5.75 Å². The highest BCUT2D eigenvalue weighted by atomic mass is 19.4. The summed E-state index contributed by atoms with van der Waals surface area (Å²) >= 11 is 0. The van der Waals surface area contributed by atoms with E-state index in [4.69, 9.17) is 4.74 Å². The second kappa shape index (κ2) is 7.33. The minimum atomic E-state index is -4.91. The Morgan fingerprint density at radius 3 is 2.52 bits per heavy atom. The molecule has 0 aliphatic carbocycles. The number of H-pyrrole nitrogens is 1. The van der Waals surface area contributed by atoms with Crippen molar-refractivity contribution in [3.05, 3.63) is 60.2 Å². The first-order valence-electron chi connectivity index (χ1n) is 9.05. The van der Waals surface area contributed by atoms with E-state index in [1.807, 2.05) is 0 Å². The van der Waals surface area contributed by atoms with Gasteiger partial charge in [-0.2, -0.15) is 13.2 Å². The first-order valence-corrected chi connectivity index (χ1v) is 9.05. The van der Waals surface area contributed by atoms with Gasteiger partial charge >= 0.3 is 6.18 Å². The van der Waals surface area contributed by atoms with Gasteiger partial charge in [-0.1, -0.05) is 13.8 Å². The smallest absolute Gasteiger partial charge is 0.421 e. The number of fused-ring (bicyclic) bond motifs is 1. The molecule has 29 heavy (non-hydrogen) atoms. The highest BCUT2D eigenvalue weighted by Crippen LogP contribution is 2.44. The first kappa shape index (κ1) is 21.1. The third-order valence-electron chi connectivity index (χ3n) is 5.17. The van der Waals surface area contributed by atoms with Gasteiger partial charge in [-0.15, -0.1) is 0 Å². The lowest BCUT2D eigenvalue weighted by Crippen LogP contribution is -2.58. The average Bonchev–Trinajstić information content (AvgIpc) is 3.10. The molecule has 0 radical (unpaired) electrons. The molecule has 1 aromatic carbocycles. The van der Waals surface area contributed by atoms with Gasteiger partial charge < -0.3 is 9.84 Å². The Hall–Kier alpha value is -2.61. The maximum Gasteiger partial charge on any atom is 0.421 e. The quantitative estimate of drug-likeness (QED) is 0.470. The van der Waals surface area contributed by atoms with Crippen molar-refractivity contribution >= 4 is 11.0 Å². The molecule has 156 valence electrons. The predicted molar refractivity (Wildman–Crippen MR) is 100 cm³/mol. The molecule has 3 rings (SSSR count). The van der Waals surface area contributed by atoms with E-state index in [1.165, 1.54) is 43.9 Å². The van der Waals surface area contributed by atoms with E-state index in [0.717, 1.165) is 11.5 Å². The fourth-order valence-electron chi connectivity index (χ4n) is 3.78. The molecule has 0 amide bonds. The summed E-state index contributed by atoms with van der Waals surface area (Å²) in [5.41, 5.74) is -3.57. The van der Waals surface area contributed by atoms with Crippen LogP contribution in [0.25, 0.3) is 11.0 Å². The van der Waals surface area contributed by atoms with Crippen LogP contribution in [0.15, 0.2) is 48.8 Å².